The average molecular weight is 359 g/mol. The molecule has 2 rings (SSSR count). The molecule has 0 radical (unpaired) electrons. The Kier molecular flexibility index (Phi) is 5.83. The van der Waals surface area contributed by atoms with Crippen LogP contribution in [0.25, 0.3) is 6.08 Å². The van der Waals surface area contributed by atoms with Crippen LogP contribution in [0.15, 0.2) is 42.5 Å². The van der Waals surface area contributed by atoms with Crippen LogP contribution >= 0.6 is 34.8 Å². The van der Waals surface area contributed by atoms with E-state index in [9.17, 15) is 9.18 Å². The predicted octanol–water partition coefficient (Wildman–Crippen LogP) is 5.12. The lowest BCUT2D eigenvalue weighted by Gasteiger charge is -2.04. The lowest BCUT2D eigenvalue weighted by molar-refractivity contribution is -0.116. The van der Waals surface area contributed by atoms with E-state index in [1.165, 1.54) is 24.3 Å². The van der Waals surface area contributed by atoms with Crippen LogP contribution in [-0.2, 0) is 11.3 Å². The summed E-state index contributed by atoms with van der Waals surface area (Å²) in [6.45, 7) is 0.283. The van der Waals surface area contributed by atoms with Crippen LogP contribution in [0.5, 0.6) is 0 Å². The van der Waals surface area contributed by atoms with Gasteiger partial charge < -0.3 is 5.32 Å². The van der Waals surface area contributed by atoms with Crippen molar-refractivity contribution in [2.45, 2.75) is 6.54 Å². The zero-order chi connectivity index (χ0) is 16.1. The predicted molar refractivity (Wildman–Crippen MR) is 88.8 cm³/mol. The second-order valence-electron chi connectivity index (χ2n) is 4.43. The molecular formula is C16H11Cl3FNO. The largest absolute Gasteiger partial charge is 0.348 e. The van der Waals surface area contributed by atoms with Crippen molar-refractivity contribution in [3.63, 3.8) is 0 Å². The van der Waals surface area contributed by atoms with E-state index in [1.54, 1.807) is 24.3 Å². The summed E-state index contributed by atoms with van der Waals surface area (Å²) in [5, 5.41) is 3.77. The number of carbonyl (C=O) groups excluding carboxylic acids is 1. The van der Waals surface area contributed by atoms with Crippen LogP contribution in [0.2, 0.25) is 15.1 Å². The highest BCUT2D eigenvalue weighted by molar-refractivity contribution is 6.42. The minimum Gasteiger partial charge on any atom is -0.348 e. The van der Waals surface area contributed by atoms with Crippen LogP contribution in [0.4, 0.5) is 4.39 Å². The summed E-state index contributed by atoms with van der Waals surface area (Å²) in [5.41, 5.74) is 0.980. The van der Waals surface area contributed by atoms with Crippen molar-refractivity contribution in [1.82, 2.24) is 5.32 Å². The van der Waals surface area contributed by atoms with Gasteiger partial charge in [0.2, 0.25) is 5.91 Å². The van der Waals surface area contributed by atoms with Crippen molar-refractivity contribution in [3.05, 3.63) is 74.5 Å². The maximum Gasteiger partial charge on any atom is 0.244 e. The number of carbonyl (C=O) groups is 1. The first-order chi connectivity index (χ1) is 10.5. The smallest absolute Gasteiger partial charge is 0.244 e. The fourth-order valence-corrected chi connectivity index (χ4v) is 2.27. The van der Waals surface area contributed by atoms with E-state index in [2.05, 4.69) is 5.32 Å². The van der Waals surface area contributed by atoms with Gasteiger partial charge in [-0.3, -0.25) is 4.79 Å². The molecule has 0 fully saturated rings. The van der Waals surface area contributed by atoms with Gasteiger partial charge in [0.25, 0.3) is 0 Å². The SMILES string of the molecule is O=C(/C=C/c1c(F)cccc1Cl)NCc1ccc(Cl)c(Cl)c1. The molecule has 0 aliphatic heterocycles. The lowest BCUT2D eigenvalue weighted by Crippen LogP contribution is -2.20. The molecule has 2 nitrogen and oxygen atoms in total. The first kappa shape index (κ1) is 16.8. The maximum absolute atomic E-state index is 13.5. The summed E-state index contributed by atoms with van der Waals surface area (Å²) in [4.78, 5) is 11.7. The van der Waals surface area contributed by atoms with Crippen molar-refractivity contribution in [2.24, 2.45) is 0 Å². The molecule has 0 bridgehead atoms. The van der Waals surface area contributed by atoms with Gasteiger partial charge in [0.1, 0.15) is 5.82 Å². The molecular weight excluding hydrogens is 348 g/mol. The summed E-state index contributed by atoms with van der Waals surface area (Å²) in [6.07, 6.45) is 2.56. The van der Waals surface area contributed by atoms with Gasteiger partial charge in [-0.1, -0.05) is 46.9 Å². The zero-order valence-corrected chi connectivity index (χ0v) is 13.5. The summed E-state index contributed by atoms with van der Waals surface area (Å²) >= 11 is 17.6. The third kappa shape index (κ3) is 4.47. The van der Waals surface area contributed by atoms with Crippen molar-refractivity contribution in [1.29, 1.82) is 0 Å². The van der Waals surface area contributed by atoms with Gasteiger partial charge in [-0.05, 0) is 35.9 Å². The second-order valence-corrected chi connectivity index (χ2v) is 5.66. The quantitative estimate of drug-likeness (QED) is 0.756. The van der Waals surface area contributed by atoms with Gasteiger partial charge in [-0.25, -0.2) is 4.39 Å². The molecule has 0 spiro atoms. The Balaban J connectivity index is 1.98. The summed E-state index contributed by atoms with van der Waals surface area (Å²) in [5.74, 6) is -0.855. The standard InChI is InChI=1S/C16H11Cl3FNO/c17-12-2-1-3-15(20)11(12)5-7-16(22)21-9-10-4-6-13(18)14(19)8-10/h1-8H,9H2,(H,21,22)/b7-5+. The average Bonchev–Trinajstić information content (AvgIpc) is 2.48. The maximum atomic E-state index is 13.5. The fourth-order valence-electron chi connectivity index (χ4n) is 1.73. The first-order valence-corrected chi connectivity index (χ1v) is 7.44. The van der Waals surface area contributed by atoms with Gasteiger partial charge in [-0.15, -0.1) is 0 Å². The van der Waals surface area contributed by atoms with Crippen LogP contribution < -0.4 is 5.32 Å². The Labute approximate surface area is 142 Å². The zero-order valence-electron chi connectivity index (χ0n) is 11.2. The van der Waals surface area contributed by atoms with Crippen molar-refractivity contribution < 1.29 is 9.18 Å². The summed E-state index contributed by atoms with van der Waals surface area (Å²) in [7, 11) is 0. The van der Waals surface area contributed by atoms with E-state index in [1.807, 2.05) is 0 Å². The number of benzene rings is 2. The molecule has 0 saturated carbocycles. The van der Waals surface area contributed by atoms with Gasteiger partial charge >= 0.3 is 0 Å². The molecule has 114 valence electrons. The normalized spacial score (nSPS) is 10.9. The third-order valence-corrected chi connectivity index (χ3v) is 3.92. The van der Waals surface area contributed by atoms with Crippen LogP contribution in [-0.4, -0.2) is 5.91 Å². The Morgan fingerprint density at radius 2 is 1.86 bits per heavy atom. The second kappa shape index (κ2) is 7.63. The molecule has 1 N–H and O–H groups in total. The highest BCUT2D eigenvalue weighted by atomic mass is 35.5. The number of hydrogen-bond donors (Lipinski definition) is 1. The number of nitrogens with one attached hydrogen (secondary N) is 1. The van der Waals surface area contributed by atoms with E-state index < -0.39 is 5.82 Å². The molecule has 0 saturated heterocycles. The van der Waals surface area contributed by atoms with Gasteiger partial charge in [0.15, 0.2) is 0 Å². The molecule has 0 aliphatic rings. The van der Waals surface area contributed by atoms with Crippen molar-refractivity contribution in [3.8, 4) is 0 Å². The van der Waals surface area contributed by atoms with Crippen LogP contribution in [0.3, 0.4) is 0 Å². The van der Waals surface area contributed by atoms with Crippen molar-refractivity contribution >= 4 is 46.8 Å². The first-order valence-electron chi connectivity index (χ1n) is 6.31. The monoisotopic (exact) mass is 357 g/mol. The van der Waals surface area contributed by atoms with Gasteiger partial charge in [-0.2, -0.15) is 0 Å². The van der Waals surface area contributed by atoms with E-state index in [0.29, 0.717) is 10.0 Å². The van der Waals surface area contributed by atoms with Crippen LogP contribution in [0.1, 0.15) is 11.1 Å². The van der Waals surface area contributed by atoms with Crippen LogP contribution in [0, 0.1) is 5.82 Å². The fraction of sp³-hybridized carbons (Fsp3) is 0.0625. The molecule has 2 aromatic rings. The van der Waals surface area contributed by atoms with E-state index in [4.69, 9.17) is 34.8 Å². The van der Waals surface area contributed by atoms with Gasteiger partial charge in [0, 0.05) is 18.2 Å². The molecule has 0 aromatic heterocycles. The Morgan fingerprint density at radius 1 is 1.09 bits per heavy atom. The highest BCUT2D eigenvalue weighted by Gasteiger charge is 2.04. The molecule has 22 heavy (non-hydrogen) atoms. The van der Waals surface area contributed by atoms with Crippen molar-refractivity contribution in [2.75, 3.05) is 0 Å². The molecule has 0 atom stereocenters. The molecule has 0 aliphatic carbocycles. The molecule has 1 amide bonds. The molecule has 6 heteroatoms. The minimum atomic E-state index is -0.485. The molecule has 2 aromatic carbocycles. The molecule has 0 heterocycles. The summed E-state index contributed by atoms with van der Waals surface area (Å²) < 4.78 is 13.5. The van der Waals surface area contributed by atoms with E-state index >= 15 is 0 Å². The Morgan fingerprint density at radius 3 is 2.55 bits per heavy atom. The highest BCUT2D eigenvalue weighted by Crippen LogP contribution is 2.22. The molecule has 0 unspecified atom stereocenters. The number of halogens is 4. The lowest BCUT2D eigenvalue weighted by atomic mass is 10.2. The number of amides is 1. The Bertz CT molecular complexity index is 711. The van der Waals surface area contributed by atoms with E-state index in [-0.39, 0.29) is 23.0 Å². The third-order valence-electron chi connectivity index (χ3n) is 2.85. The minimum absolute atomic E-state index is 0.175. The van der Waals surface area contributed by atoms with Gasteiger partial charge in [0.05, 0.1) is 15.1 Å². The number of rotatable bonds is 4. The Hall–Kier alpha value is -1.55. The topological polar surface area (TPSA) is 29.1 Å². The van der Waals surface area contributed by atoms with E-state index in [0.717, 1.165) is 5.56 Å². The number of hydrogen-bond acceptors (Lipinski definition) is 1. The summed E-state index contributed by atoms with van der Waals surface area (Å²) in [6, 6.07) is 9.41.